The van der Waals surface area contributed by atoms with Gasteiger partial charge in [-0.25, -0.2) is 0 Å². The second-order valence-corrected chi connectivity index (χ2v) is 6.90. The first-order chi connectivity index (χ1) is 12.2. The minimum absolute atomic E-state index is 0. The van der Waals surface area contributed by atoms with E-state index in [2.05, 4.69) is 27.4 Å². The minimum atomic E-state index is -0.0166. The highest BCUT2D eigenvalue weighted by Gasteiger charge is 2.20. The fraction of sp³-hybridized carbons (Fsp3) is 0.632. The number of guanidine groups is 1. The molecule has 1 saturated heterocycles. The molecule has 1 aromatic carbocycles. The number of likely N-dealkylation sites (tertiary alicyclic amines) is 1. The largest absolute Gasteiger partial charge is 0.486 e. The van der Waals surface area contributed by atoms with Crippen molar-refractivity contribution in [3.05, 3.63) is 24.3 Å². The number of nitrogens with zero attached hydrogens (tertiary/aromatic N) is 2. The van der Waals surface area contributed by atoms with Gasteiger partial charge in [0, 0.05) is 20.1 Å². The molecule has 1 atom stereocenters. The van der Waals surface area contributed by atoms with Gasteiger partial charge in [0.05, 0.1) is 6.54 Å². The van der Waals surface area contributed by atoms with Crippen molar-refractivity contribution in [1.29, 1.82) is 0 Å². The number of fused-ring (bicyclic) bond motifs is 1. The Hall–Kier alpha value is -1.22. The van der Waals surface area contributed by atoms with Gasteiger partial charge < -0.3 is 25.0 Å². The number of hydrogen-bond acceptors (Lipinski definition) is 4. The zero-order valence-corrected chi connectivity index (χ0v) is 18.1. The highest BCUT2D eigenvalue weighted by molar-refractivity contribution is 14.0. The third-order valence-corrected chi connectivity index (χ3v) is 4.89. The van der Waals surface area contributed by atoms with Crippen molar-refractivity contribution in [2.75, 3.05) is 46.4 Å². The van der Waals surface area contributed by atoms with E-state index in [1.807, 2.05) is 24.3 Å². The number of hydrogen-bond donors (Lipinski definition) is 2. The van der Waals surface area contributed by atoms with Crippen LogP contribution in [0, 0.1) is 5.92 Å². The highest BCUT2D eigenvalue weighted by Crippen LogP contribution is 2.30. The molecule has 7 heteroatoms. The molecule has 146 valence electrons. The van der Waals surface area contributed by atoms with Crippen LogP contribution in [0.3, 0.4) is 0 Å². The van der Waals surface area contributed by atoms with Gasteiger partial charge >= 0.3 is 0 Å². The summed E-state index contributed by atoms with van der Waals surface area (Å²) in [6.07, 6.45) is 2.61. The number of rotatable bonds is 5. The zero-order valence-electron chi connectivity index (χ0n) is 15.7. The molecule has 0 aliphatic carbocycles. The molecule has 26 heavy (non-hydrogen) atoms. The number of aliphatic imine (C=N–C) groups is 1. The Morgan fingerprint density at radius 2 is 1.92 bits per heavy atom. The SMILES string of the molecule is CN=C(NCCN1CCC(C)CC1)NCC1COc2ccccc2O1.I. The van der Waals surface area contributed by atoms with E-state index in [9.17, 15) is 0 Å². The van der Waals surface area contributed by atoms with Crippen LogP contribution in [0.2, 0.25) is 0 Å². The predicted molar refractivity (Wildman–Crippen MR) is 116 cm³/mol. The topological polar surface area (TPSA) is 58.1 Å². The number of benzene rings is 1. The Morgan fingerprint density at radius 3 is 2.65 bits per heavy atom. The summed E-state index contributed by atoms with van der Waals surface area (Å²) in [5, 5.41) is 6.72. The van der Waals surface area contributed by atoms with Gasteiger partial charge in [0.15, 0.2) is 17.5 Å². The minimum Gasteiger partial charge on any atom is -0.486 e. The van der Waals surface area contributed by atoms with E-state index >= 15 is 0 Å². The number of piperidine rings is 1. The fourth-order valence-electron chi connectivity index (χ4n) is 3.21. The molecule has 0 radical (unpaired) electrons. The normalized spacial score (nSPS) is 21.0. The van der Waals surface area contributed by atoms with Crippen LogP contribution in [-0.2, 0) is 0 Å². The van der Waals surface area contributed by atoms with Gasteiger partial charge in [-0.15, -0.1) is 24.0 Å². The summed E-state index contributed by atoms with van der Waals surface area (Å²) in [5.41, 5.74) is 0. The first kappa shape index (κ1) is 21.1. The molecule has 0 amide bonds. The summed E-state index contributed by atoms with van der Waals surface area (Å²) in [5.74, 6) is 3.31. The maximum absolute atomic E-state index is 5.96. The Labute approximate surface area is 173 Å². The number of para-hydroxylation sites is 2. The lowest BCUT2D eigenvalue weighted by atomic mass is 9.99. The molecular formula is C19H31IN4O2. The zero-order chi connectivity index (χ0) is 17.5. The van der Waals surface area contributed by atoms with E-state index in [0.29, 0.717) is 13.2 Å². The Balaban J connectivity index is 0.00000243. The molecule has 0 saturated carbocycles. The molecular weight excluding hydrogens is 443 g/mol. The first-order valence-corrected chi connectivity index (χ1v) is 9.30. The van der Waals surface area contributed by atoms with E-state index in [1.54, 1.807) is 7.05 Å². The maximum atomic E-state index is 5.96. The number of nitrogens with one attached hydrogen (secondary N) is 2. The van der Waals surface area contributed by atoms with Gasteiger partial charge in [-0.3, -0.25) is 4.99 Å². The summed E-state index contributed by atoms with van der Waals surface area (Å²) in [6, 6.07) is 7.78. The van der Waals surface area contributed by atoms with Crippen molar-refractivity contribution < 1.29 is 9.47 Å². The molecule has 2 N–H and O–H groups in total. The summed E-state index contributed by atoms with van der Waals surface area (Å²) in [4.78, 5) is 6.81. The van der Waals surface area contributed by atoms with Crippen LogP contribution >= 0.6 is 24.0 Å². The Kier molecular flexibility index (Phi) is 8.77. The van der Waals surface area contributed by atoms with Crippen molar-refractivity contribution in [2.24, 2.45) is 10.9 Å². The lowest BCUT2D eigenvalue weighted by Gasteiger charge is -2.30. The average molecular weight is 474 g/mol. The lowest BCUT2D eigenvalue weighted by Crippen LogP contribution is -2.47. The van der Waals surface area contributed by atoms with Crippen LogP contribution in [0.15, 0.2) is 29.3 Å². The smallest absolute Gasteiger partial charge is 0.191 e. The van der Waals surface area contributed by atoms with E-state index in [-0.39, 0.29) is 30.1 Å². The average Bonchev–Trinajstić information content (AvgIpc) is 2.66. The molecule has 0 aromatic heterocycles. The van der Waals surface area contributed by atoms with Gasteiger partial charge in [0.25, 0.3) is 0 Å². The molecule has 2 heterocycles. The monoisotopic (exact) mass is 474 g/mol. The maximum Gasteiger partial charge on any atom is 0.191 e. The van der Waals surface area contributed by atoms with Crippen LogP contribution < -0.4 is 20.1 Å². The lowest BCUT2D eigenvalue weighted by molar-refractivity contribution is 0.0936. The standard InChI is InChI=1S/C19H30N4O2.HI/c1-15-7-10-23(11-8-15)12-9-21-19(20-2)22-13-16-14-24-17-5-3-4-6-18(17)25-16;/h3-6,15-16H,7-14H2,1-2H3,(H2,20,21,22);1H. The number of ether oxygens (including phenoxy) is 2. The molecule has 1 aromatic rings. The van der Waals surface area contributed by atoms with Gasteiger partial charge in [-0.05, 0) is 44.0 Å². The molecule has 0 bridgehead atoms. The van der Waals surface area contributed by atoms with Gasteiger partial charge in [0.2, 0.25) is 0 Å². The van der Waals surface area contributed by atoms with Crippen LogP contribution in [0.1, 0.15) is 19.8 Å². The van der Waals surface area contributed by atoms with E-state index in [4.69, 9.17) is 9.47 Å². The Morgan fingerprint density at radius 1 is 1.19 bits per heavy atom. The van der Waals surface area contributed by atoms with E-state index in [0.717, 1.165) is 36.5 Å². The summed E-state index contributed by atoms with van der Waals surface area (Å²) < 4.78 is 11.7. The van der Waals surface area contributed by atoms with Crippen molar-refractivity contribution in [2.45, 2.75) is 25.9 Å². The van der Waals surface area contributed by atoms with E-state index < -0.39 is 0 Å². The van der Waals surface area contributed by atoms with E-state index in [1.165, 1.54) is 25.9 Å². The van der Waals surface area contributed by atoms with Crippen LogP contribution in [0.4, 0.5) is 0 Å². The van der Waals surface area contributed by atoms with Gasteiger partial charge in [0.1, 0.15) is 12.7 Å². The molecule has 2 aliphatic rings. The first-order valence-electron chi connectivity index (χ1n) is 9.30. The van der Waals surface area contributed by atoms with Crippen molar-refractivity contribution in [3.63, 3.8) is 0 Å². The number of halogens is 1. The van der Waals surface area contributed by atoms with Crippen LogP contribution in [-0.4, -0.2) is 63.3 Å². The van der Waals surface area contributed by atoms with Crippen molar-refractivity contribution in [3.8, 4) is 11.5 Å². The summed E-state index contributed by atoms with van der Waals surface area (Å²) in [6.45, 7) is 7.94. The van der Waals surface area contributed by atoms with Gasteiger partial charge in [-0.1, -0.05) is 19.1 Å². The molecule has 1 fully saturated rings. The fourth-order valence-corrected chi connectivity index (χ4v) is 3.21. The quantitative estimate of drug-likeness (QED) is 0.390. The molecule has 1 unspecified atom stereocenters. The molecule has 0 spiro atoms. The third kappa shape index (κ3) is 6.19. The Bertz CT molecular complexity index is 576. The molecule has 3 rings (SSSR count). The highest BCUT2D eigenvalue weighted by atomic mass is 127. The van der Waals surface area contributed by atoms with Crippen molar-refractivity contribution in [1.82, 2.24) is 15.5 Å². The van der Waals surface area contributed by atoms with Crippen LogP contribution in [0.5, 0.6) is 11.5 Å². The molecule has 6 nitrogen and oxygen atoms in total. The second-order valence-electron chi connectivity index (χ2n) is 6.90. The second kappa shape index (κ2) is 10.8. The predicted octanol–water partition coefficient (Wildman–Crippen LogP) is 2.34. The van der Waals surface area contributed by atoms with Gasteiger partial charge in [-0.2, -0.15) is 0 Å². The molecule has 2 aliphatic heterocycles. The summed E-state index contributed by atoms with van der Waals surface area (Å²) in [7, 11) is 1.80. The van der Waals surface area contributed by atoms with Crippen LogP contribution in [0.25, 0.3) is 0 Å². The summed E-state index contributed by atoms with van der Waals surface area (Å²) >= 11 is 0. The third-order valence-electron chi connectivity index (χ3n) is 4.89. The van der Waals surface area contributed by atoms with Crippen molar-refractivity contribution >= 4 is 29.9 Å².